The molecule has 0 saturated heterocycles. The molecule has 2 aromatic rings. The van der Waals surface area contributed by atoms with E-state index in [1.807, 2.05) is 0 Å². The molecule has 0 aliphatic rings. The van der Waals surface area contributed by atoms with Crippen molar-refractivity contribution in [2.75, 3.05) is 0 Å². The molecule has 14 heavy (non-hydrogen) atoms. The van der Waals surface area contributed by atoms with Crippen LogP contribution in [0.2, 0.25) is 15.1 Å². The van der Waals surface area contributed by atoms with E-state index in [4.69, 9.17) is 34.8 Å². The topological polar surface area (TPSA) is 12.9 Å². The quantitative estimate of drug-likeness (QED) is 0.670. The first-order valence-electron chi connectivity index (χ1n) is 3.69. The molecule has 0 radical (unpaired) electrons. The zero-order chi connectivity index (χ0) is 10.3. The van der Waals surface area contributed by atoms with Gasteiger partial charge in [0.1, 0.15) is 0 Å². The minimum Gasteiger partial charge on any atom is -0.253 e. The summed E-state index contributed by atoms with van der Waals surface area (Å²) in [5.41, 5.74) is 0.649. The van der Waals surface area contributed by atoms with E-state index in [-0.39, 0.29) is 0 Å². The first kappa shape index (κ1) is 10.5. The molecular weight excluding hydrogens is 308 g/mol. The van der Waals surface area contributed by atoms with Crippen molar-refractivity contribution >= 4 is 61.6 Å². The van der Waals surface area contributed by atoms with Crippen molar-refractivity contribution in [3.8, 4) is 0 Å². The van der Waals surface area contributed by atoms with Crippen LogP contribution in [0.5, 0.6) is 0 Å². The number of aromatic nitrogens is 1. The van der Waals surface area contributed by atoms with Gasteiger partial charge in [0.25, 0.3) is 0 Å². The largest absolute Gasteiger partial charge is 0.253 e. The highest BCUT2D eigenvalue weighted by molar-refractivity contribution is 9.10. The van der Waals surface area contributed by atoms with Crippen LogP contribution in [0.3, 0.4) is 0 Å². The average Bonchev–Trinajstić information content (AvgIpc) is 2.16. The summed E-state index contributed by atoms with van der Waals surface area (Å²) in [5, 5.41) is 2.39. The fraction of sp³-hybridized carbons (Fsp3) is 0. The van der Waals surface area contributed by atoms with Gasteiger partial charge in [0.2, 0.25) is 0 Å². The van der Waals surface area contributed by atoms with E-state index in [2.05, 4.69) is 20.9 Å². The molecule has 0 aliphatic heterocycles. The molecule has 0 amide bonds. The first-order chi connectivity index (χ1) is 6.61. The summed E-state index contributed by atoms with van der Waals surface area (Å²) in [5.74, 6) is 0. The van der Waals surface area contributed by atoms with E-state index in [9.17, 15) is 0 Å². The van der Waals surface area contributed by atoms with E-state index in [1.165, 1.54) is 6.20 Å². The van der Waals surface area contributed by atoms with Gasteiger partial charge in [-0.3, -0.25) is 4.98 Å². The summed E-state index contributed by atoms with van der Waals surface area (Å²) < 4.78 is 0.719. The lowest BCUT2D eigenvalue weighted by Crippen LogP contribution is -1.83. The number of nitrogens with zero attached hydrogens (tertiary/aromatic N) is 1. The third kappa shape index (κ3) is 1.61. The van der Waals surface area contributed by atoms with E-state index in [0.29, 0.717) is 20.6 Å². The number of hydrogen-bond acceptors (Lipinski definition) is 1. The average molecular weight is 311 g/mol. The molecule has 1 nitrogen and oxygen atoms in total. The second-order valence-electron chi connectivity index (χ2n) is 2.67. The minimum atomic E-state index is 0.515. The standard InChI is InChI=1S/C9H3BrCl3N/c10-8-6(13)3-14-9-5(12)2-1-4(11)7(8)9/h1-3H. The second-order valence-corrected chi connectivity index (χ2v) is 4.69. The summed E-state index contributed by atoms with van der Waals surface area (Å²) in [4.78, 5) is 4.12. The van der Waals surface area contributed by atoms with Crippen molar-refractivity contribution in [3.05, 3.63) is 37.9 Å². The molecule has 0 fully saturated rings. The Balaban J connectivity index is 3.01. The first-order valence-corrected chi connectivity index (χ1v) is 5.61. The minimum absolute atomic E-state index is 0.515. The summed E-state index contributed by atoms with van der Waals surface area (Å²) in [7, 11) is 0. The maximum atomic E-state index is 6.02. The van der Waals surface area contributed by atoms with Gasteiger partial charge in [0, 0.05) is 16.1 Å². The maximum absolute atomic E-state index is 6.02. The van der Waals surface area contributed by atoms with Crippen molar-refractivity contribution < 1.29 is 0 Å². The van der Waals surface area contributed by atoms with Crippen LogP contribution in [0.15, 0.2) is 22.8 Å². The molecule has 0 atom stereocenters. The van der Waals surface area contributed by atoms with Crippen LogP contribution in [-0.2, 0) is 0 Å². The lowest BCUT2D eigenvalue weighted by atomic mass is 10.2. The monoisotopic (exact) mass is 309 g/mol. The predicted octanol–water partition coefficient (Wildman–Crippen LogP) is 4.96. The van der Waals surface area contributed by atoms with Crippen LogP contribution in [0, 0.1) is 0 Å². The fourth-order valence-corrected chi connectivity index (χ4v) is 2.39. The Labute approximate surface area is 104 Å². The Hall–Kier alpha value is -0.0200. The lowest BCUT2D eigenvalue weighted by molar-refractivity contribution is 1.40. The number of benzene rings is 1. The van der Waals surface area contributed by atoms with Crippen LogP contribution >= 0.6 is 50.7 Å². The van der Waals surface area contributed by atoms with Crippen molar-refractivity contribution in [2.45, 2.75) is 0 Å². The second kappa shape index (κ2) is 3.86. The van der Waals surface area contributed by atoms with E-state index in [0.717, 1.165) is 9.86 Å². The van der Waals surface area contributed by atoms with Crippen molar-refractivity contribution in [1.82, 2.24) is 4.98 Å². The van der Waals surface area contributed by atoms with Gasteiger partial charge in [-0.1, -0.05) is 34.8 Å². The van der Waals surface area contributed by atoms with Crippen LogP contribution in [0.4, 0.5) is 0 Å². The van der Waals surface area contributed by atoms with Gasteiger partial charge in [-0.2, -0.15) is 0 Å². The van der Waals surface area contributed by atoms with Gasteiger partial charge in [-0.15, -0.1) is 0 Å². The summed E-state index contributed by atoms with van der Waals surface area (Å²) in [6.45, 7) is 0. The Bertz CT molecular complexity index is 513. The van der Waals surface area contributed by atoms with E-state index >= 15 is 0 Å². The molecule has 1 aromatic carbocycles. The molecule has 1 aromatic heterocycles. The normalized spacial score (nSPS) is 10.9. The molecular formula is C9H3BrCl3N. The van der Waals surface area contributed by atoms with Gasteiger partial charge in [0.15, 0.2) is 0 Å². The van der Waals surface area contributed by atoms with Crippen LogP contribution in [-0.4, -0.2) is 4.98 Å². The van der Waals surface area contributed by atoms with Crippen LogP contribution < -0.4 is 0 Å². The number of pyridine rings is 1. The third-order valence-corrected chi connectivity index (χ3v) is 3.77. The molecule has 0 unspecified atom stereocenters. The summed E-state index contributed by atoms with van der Waals surface area (Å²) in [6, 6.07) is 3.43. The van der Waals surface area contributed by atoms with Gasteiger partial charge < -0.3 is 0 Å². The molecule has 2 rings (SSSR count). The summed E-state index contributed by atoms with van der Waals surface area (Å²) in [6.07, 6.45) is 1.54. The number of hydrogen-bond donors (Lipinski definition) is 0. The van der Waals surface area contributed by atoms with Crippen LogP contribution in [0.25, 0.3) is 10.9 Å². The molecule has 1 heterocycles. The predicted molar refractivity (Wildman–Crippen MR) is 64.5 cm³/mol. The molecule has 0 aliphatic carbocycles. The molecule has 5 heteroatoms. The van der Waals surface area contributed by atoms with Gasteiger partial charge in [-0.05, 0) is 28.1 Å². The number of halogens is 4. The lowest BCUT2D eigenvalue weighted by Gasteiger charge is -2.05. The Morgan fingerprint density at radius 2 is 1.64 bits per heavy atom. The molecule has 0 saturated carbocycles. The highest BCUT2D eigenvalue weighted by Crippen LogP contribution is 2.37. The van der Waals surface area contributed by atoms with Gasteiger partial charge >= 0.3 is 0 Å². The van der Waals surface area contributed by atoms with E-state index in [1.54, 1.807) is 12.1 Å². The fourth-order valence-electron chi connectivity index (χ4n) is 1.17. The Morgan fingerprint density at radius 3 is 2.36 bits per heavy atom. The zero-order valence-corrected chi connectivity index (χ0v) is 10.5. The molecule has 0 spiro atoms. The zero-order valence-electron chi connectivity index (χ0n) is 6.69. The highest BCUT2D eigenvalue weighted by Gasteiger charge is 2.10. The van der Waals surface area contributed by atoms with E-state index < -0.39 is 0 Å². The van der Waals surface area contributed by atoms with Gasteiger partial charge in [-0.25, -0.2) is 0 Å². The Morgan fingerprint density at radius 1 is 1.00 bits per heavy atom. The highest BCUT2D eigenvalue weighted by atomic mass is 79.9. The SMILES string of the molecule is Clc1cnc2c(Cl)ccc(Cl)c2c1Br. The van der Waals surface area contributed by atoms with Crippen molar-refractivity contribution in [2.24, 2.45) is 0 Å². The third-order valence-electron chi connectivity index (χ3n) is 1.81. The summed E-state index contributed by atoms with van der Waals surface area (Å²) >= 11 is 21.2. The number of rotatable bonds is 0. The van der Waals surface area contributed by atoms with Crippen molar-refractivity contribution in [1.29, 1.82) is 0 Å². The van der Waals surface area contributed by atoms with Gasteiger partial charge in [0.05, 0.1) is 20.6 Å². The van der Waals surface area contributed by atoms with Crippen LogP contribution in [0.1, 0.15) is 0 Å². The number of fused-ring (bicyclic) bond motifs is 1. The van der Waals surface area contributed by atoms with Crippen molar-refractivity contribution in [3.63, 3.8) is 0 Å². The molecule has 0 bridgehead atoms. The molecule has 0 N–H and O–H groups in total. The maximum Gasteiger partial charge on any atom is 0.0915 e. The smallest absolute Gasteiger partial charge is 0.0915 e. The Kier molecular flexibility index (Phi) is 2.89. The molecule has 72 valence electrons.